The third-order valence-electron chi connectivity index (χ3n) is 17.2. The van der Waals surface area contributed by atoms with Crippen molar-refractivity contribution in [1.29, 1.82) is 0 Å². The fourth-order valence-corrected chi connectivity index (χ4v) is 13.6. The Labute approximate surface area is 314 Å². The molecule has 0 radical (unpaired) electrons. The molecule has 2 unspecified atom stereocenters. The molecule has 7 aliphatic rings. The van der Waals surface area contributed by atoms with Gasteiger partial charge in [0, 0.05) is 0 Å². The molecule has 0 aromatic heterocycles. The number of carboxylic acids is 1. The Hall–Kier alpha value is -1.19. The van der Waals surface area contributed by atoms with E-state index in [0.29, 0.717) is 23.7 Å². The Morgan fingerprint density at radius 1 is 0.830 bits per heavy atom. The fraction of sp³-hybridized carbons (Fsp3) is 0.927. The van der Waals surface area contributed by atoms with Gasteiger partial charge < -0.3 is 54.7 Å². The lowest BCUT2D eigenvalue weighted by Gasteiger charge is -2.71. The second-order valence-electron chi connectivity index (χ2n) is 19.7. The van der Waals surface area contributed by atoms with E-state index < -0.39 is 73.3 Å². The van der Waals surface area contributed by atoms with E-state index in [1.807, 2.05) is 0 Å². The summed E-state index contributed by atoms with van der Waals surface area (Å²) in [5.74, 6) is 0.960. The number of hydrogen-bond donors (Lipinski definition) is 7. The van der Waals surface area contributed by atoms with Crippen molar-refractivity contribution in [3.05, 3.63) is 11.6 Å². The van der Waals surface area contributed by atoms with Gasteiger partial charge in [-0.15, -0.1) is 0 Å². The van der Waals surface area contributed by atoms with E-state index in [-0.39, 0.29) is 40.3 Å². The van der Waals surface area contributed by atoms with E-state index in [9.17, 15) is 40.5 Å². The molecule has 6 fully saturated rings. The van der Waals surface area contributed by atoms with Crippen molar-refractivity contribution in [2.75, 3.05) is 13.2 Å². The monoisotopic (exact) mass is 750 g/mol. The maximum Gasteiger partial charge on any atom is 0.310 e. The largest absolute Gasteiger partial charge is 0.481 e. The Kier molecular flexibility index (Phi) is 10.4. The first-order valence-corrected chi connectivity index (χ1v) is 20.3. The summed E-state index contributed by atoms with van der Waals surface area (Å²) in [6, 6.07) is 0. The van der Waals surface area contributed by atoms with Crippen LogP contribution in [0.3, 0.4) is 0 Å². The van der Waals surface area contributed by atoms with Gasteiger partial charge in [0.2, 0.25) is 0 Å². The molecular formula is C41H66O12. The lowest BCUT2D eigenvalue weighted by Crippen LogP contribution is -2.66. The highest BCUT2D eigenvalue weighted by Gasteiger charge is 2.70. The Bertz CT molecular complexity index is 1420. The standard InChI is InChI=1S/C41H66O12/c1-20-10-15-41(36(48)49)17-16-39(6)22(28(41)21(20)2)8-9-26-38(5)13-12-27(37(3,4)25(38)11-14-40(26,39)7)52-35-33(29(44)23(43)19-50-35)53-34-32(47)31(46)30(45)24(18-42)51-34/h8,20-21,23-35,42-47H,9-19H2,1-7H3,(H,48,49)/t20-,21+,23+,24-,25?,26-,27+,28?,29+,30-,31+,32-,33-,34+,35+,38+,39-,40-,41+/m1/s1. The molecule has 2 saturated heterocycles. The summed E-state index contributed by atoms with van der Waals surface area (Å²) < 4.78 is 24.3. The third-order valence-corrected chi connectivity index (χ3v) is 17.2. The van der Waals surface area contributed by atoms with E-state index in [4.69, 9.17) is 18.9 Å². The van der Waals surface area contributed by atoms with Crippen LogP contribution in [-0.2, 0) is 23.7 Å². The number of carboxylic acid groups (broad SMARTS) is 1. The van der Waals surface area contributed by atoms with E-state index in [1.165, 1.54) is 5.57 Å². The van der Waals surface area contributed by atoms with Crippen LogP contribution in [0, 0.1) is 56.7 Å². The molecule has 0 aromatic carbocycles. The predicted octanol–water partition coefficient (Wildman–Crippen LogP) is 3.38. The van der Waals surface area contributed by atoms with Gasteiger partial charge in [0.25, 0.3) is 0 Å². The van der Waals surface area contributed by atoms with Gasteiger partial charge in [0.05, 0.1) is 24.7 Å². The molecule has 0 bridgehead atoms. The summed E-state index contributed by atoms with van der Waals surface area (Å²) in [7, 11) is 0. The molecule has 2 aliphatic heterocycles. The lowest BCUT2D eigenvalue weighted by molar-refractivity contribution is -0.367. The Morgan fingerprint density at radius 2 is 1.55 bits per heavy atom. The first kappa shape index (κ1) is 40.0. The molecule has 7 rings (SSSR count). The molecular weight excluding hydrogens is 684 g/mol. The van der Waals surface area contributed by atoms with E-state index in [2.05, 4.69) is 54.5 Å². The molecule has 12 nitrogen and oxygen atoms in total. The average molecular weight is 751 g/mol. The number of rotatable bonds is 6. The zero-order chi connectivity index (χ0) is 38.6. The van der Waals surface area contributed by atoms with Crippen LogP contribution in [0.1, 0.15) is 106 Å². The highest BCUT2D eigenvalue weighted by molar-refractivity contribution is 5.76. The van der Waals surface area contributed by atoms with Crippen LogP contribution < -0.4 is 0 Å². The lowest BCUT2D eigenvalue weighted by atomic mass is 9.33. The van der Waals surface area contributed by atoms with Gasteiger partial charge in [-0.05, 0) is 109 Å². The van der Waals surface area contributed by atoms with Crippen molar-refractivity contribution in [1.82, 2.24) is 0 Å². The number of aliphatic hydroxyl groups excluding tert-OH is 6. The summed E-state index contributed by atoms with van der Waals surface area (Å²) in [6.45, 7) is 15.7. The van der Waals surface area contributed by atoms with Gasteiger partial charge in [-0.25, -0.2) is 0 Å². The number of fused-ring (bicyclic) bond motifs is 7. The van der Waals surface area contributed by atoms with E-state index in [0.717, 1.165) is 57.8 Å². The molecule has 0 amide bonds. The minimum atomic E-state index is -1.69. The summed E-state index contributed by atoms with van der Waals surface area (Å²) in [4.78, 5) is 13.1. The van der Waals surface area contributed by atoms with Gasteiger partial charge in [-0.1, -0.05) is 60.1 Å². The first-order valence-electron chi connectivity index (χ1n) is 20.3. The SMILES string of the molecule is C[C@@H]1CC[C@]2(C(=O)O)CC[C@]3(C)C(=CC[C@@H]4[C@@]5(C)CC[C@H](O[C@@H]6OC[C@H](O)[C@H](O)[C@H]6O[C@@H]6O[C@H](CO)[C@@H](O)[C@H](O)[C@H]6O)C(C)(C)C5CC[C@]43C)C2[C@H]1C. The molecule has 4 saturated carbocycles. The van der Waals surface area contributed by atoms with Gasteiger partial charge in [0.15, 0.2) is 12.6 Å². The summed E-state index contributed by atoms with van der Waals surface area (Å²) in [6.07, 6.45) is -2.66. The number of carbonyl (C=O) groups is 1. The second kappa shape index (κ2) is 13.7. The number of hydrogen-bond acceptors (Lipinski definition) is 11. The second-order valence-corrected chi connectivity index (χ2v) is 19.7. The van der Waals surface area contributed by atoms with Crippen molar-refractivity contribution in [2.45, 2.75) is 168 Å². The van der Waals surface area contributed by atoms with Gasteiger partial charge >= 0.3 is 5.97 Å². The van der Waals surface area contributed by atoms with Crippen LogP contribution in [0.25, 0.3) is 0 Å². The minimum absolute atomic E-state index is 0.00818. The molecule has 5 aliphatic carbocycles. The summed E-state index contributed by atoms with van der Waals surface area (Å²) >= 11 is 0. The predicted molar refractivity (Wildman–Crippen MR) is 192 cm³/mol. The molecule has 2 heterocycles. The van der Waals surface area contributed by atoms with Crippen molar-refractivity contribution in [2.24, 2.45) is 56.7 Å². The van der Waals surface area contributed by atoms with Crippen LogP contribution >= 0.6 is 0 Å². The molecule has 302 valence electrons. The molecule has 0 aromatic rings. The summed E-state index contributed by atoms with van der Waals surface area (Å²) in [5.41, 5.74) is 0.336. The van der Waals surface area contributed by atoms with Crippen LogP contribution in [0.2, 0.25) is 0 Å². The van der Waals surface area contributed by atoms with Gasteiger partial charge in [0.1, 0.15) is 42.7 Å². The van der Waals surface area contributed by atoms with E-state index in [1.54, 1.807) is 0 Å². The number of aliphatic carboxylic acids is 1. The normalized spacial score (nSPS) is 55.1. The maximum absolute atomic E-state index is 13.1. The number of allylic oxidation sites excluding steroid dienone is 2. The third kappa shape index (κ3) is 5.77. The minimum Gasteiger partial charge on any atom is -0.481 e. The van der Waals surface area contributed by atoms with Crippen LogP contribution in [0.5, 0.6) is 0 Å². The van der Waals surface area contributed by atoms with E-state index >= 15 is 0 Å². The zero-order valence-corrected chi connectivity index (χ0v) is 32.7. The summed E-state index contributed by atoms with van der Waals surface area (Å²) in [5, 5.41) is 73.4. The van der Waals surface area contributed by atoms with Crippen molar-refractivity contribution >= 4 is 5.97 Å². The topological polar surface area (TPSA) is 196 Å². The van der Waals surface area contributed by atoms with Crippen molar-refractivity contribution < 1.29 is 59.5 Å². The smallest absolute Gasteiger partial charge is 0.310 e. The highest BCUT2D eigenvalue weighted by Crippen LogP contribution is 2.76. The number of aliphatic hydroxyl groups is 6. The molecule has 19 atom stereocenters. The number of ether oxygens (including phenoxy) is 4. The van der Waals surface area contributed by atoms with Crippen molar-refractivity contribution in [3.8, 4) is 0 Å². The Balaban J connectivity index is 1.13. The highest BCUT2D eigenvalue weighted by atomic mass is 16.8. The van der Waals surface area contributed by atoms with Crippen molar-refractivity contribution in [3.63, 3.8) is 0 Å². The van der Waals surface area contributed by atoms with Crippen LogP contribution in [0.4, 0.5) is 0 Å². The molecule has 7 N–H and O–H groups in total. The fourth-order valence-electron chi connectivity index (χ4n) is 13.6. The molecule has 12 heteroatoms. The Morgan fingerprint density at radius 3 is 2.23 bits per heavy atom. The molecule has 0 spiro atoms. The zero-order valence-electron chi connectivity index (χ0n) is 32.7. The van der Waals surface area contributed by atoms with Crippen LogP contribution in [-0.4, -0.2) is 116 Å². The average Bonchev–Trinajstić information content (AvgIpc) is 3.10. The maximum atomic E-state index is 13.1. The molecule has 53 heavy (non-hydrogen) atoms. The van der Waals surface area contributed by atoms with Gasteiger partial charge in [-0.3, -0.25) is 4.79 Å². The van der Waals surface area contributed by atoms with Crippen LogP contribution in [0.15, 0.2) is 11.6 Å². The first-order chi connectivity index (χ1) is 24.8. The van der Waals surface area contributed by atoms with Gasteiger partial charge in [-0.2, -0.15) is 0 Å². The quantitative estimate of drug-likeness (QED) is 0.155.